The molecule has 0 radical (unpaired) electrons. The third kappa shape index (κ3) is 4.28. The zero-order chi connectivity index (χ0) is 16.2. The molecule has 1 aromatic heterocycles. The summed E-state index contributed by atoms with van der Waals surface area (Å²) in [7, 11) is 0. The number of aryl methyl sites for hydroxylation is 1. The maximum atomic E-state index is 11.9. The Morgan fingerprint density at radius 2 is 1.83 bits per heavy atom. The molecular weight excluding hydrogens is 312 g/mol. The Hall–Kier alpha value is -1.05. The number of aromatic amines is 1. The molecule has 3 heterocycles. The van der Waals surface area contributed by atoms with Gasteiger partial charge in [0.15, 0.2) is 0 Å². The zero-order valence-corrected chi connectivity index (χ0v) is 14.6. The van der Waals surface area contributed by atoms with Gasteiger partial charge in [0.25, 0.3) is 5.56 Å². The second kappa shape index (κ2) is 7.68. The van der Waals surface area contributed by atoms with Gasteiger partial charge in [-0.25, -0.2) is 4.79 Å². The summed E-state index contributed by atoms with van der Waals surface area (Å²) < 4.78 is 1.31. The molecule has 0 unspecified atom stereocenters. The summed E-state index contributed by atoms with van der Waals surface area (Å²) in [5, 5.41) is 0. The smallest absolute Gasteiger partial charge is 0.311 e. The summed E-state index contributed by atoms with van der Waals surface area (Å²) in [6.07, 6.45) is 2.40. The van der Waals surface area contributed by atoms with Gasteiger partial charge in [-0.1, -0.05) is 0 Å². The Morgan fingerprint density at radius 1 is 1.13 bits per heavy atom. The second-order valence-corrected chi connectivity index (χ2v) is 7.69. The molecule has 3 rings (SSSR count). The van der Waals surface area contributed by atoms with Crippen molar-refractivity contribution in [3.8, 4) is 0 Å². The highest BCUT2D eigenvalue weighted by Crippen LogP contribution is 2.20. The van der Waals surface area contributed by atoms with Crippen LogP contribution in [0.3, 0.4) is 0 Å². The van der Waals surface area contributed by atoms with Crippen LogP contribution >= 0.6 is 11.8 Å². The van der Waals surface area contributed by atoms with E-state index < -0.39 is 0 Å². The Kier molecular flexibility index (Phi) is 5.61. The first kappa shape index (κ1) is 16.8. The van der Waals surface area contributed by atoms with E-state index >= 15 is 0 Å². The maximum Gasteiger partial charge on any atom is 0.328 e. The Bertz CT molecular complexity index is 596. The molecule has 0 spiro atoms. The molecule has 0 bridgehead atoms. The van der Waals surface area contributed by atoms with E-state index in [9.17, 15) is 9.59 Å². The summed E-state index contributed by atoms with van der Waals surface area (Å²) in [4.78, 5) is 31.5. The van der Waals surface area contributed by atoms with Gasteiger partial charge in [0.2, 0.25) is 0 Å². The average molecular weight is 338 g/mol. The summed E-state index contributed by atoms with van der Waals surface area (Å²) in [5.74, 6) is 2.53. The molecule has 1 aromatic rings. The van der Waals surface area contributed by atoms with E-state index in [1.807, 2.05) is 0 Å². The van der Waals surface area contributed by atoms with Crippen LogP contribution in [0.15, 0.2) is 15.7 Å². The van der Waals surface area contributed by atoms with E-state index in [1.54, 1.807) is 6.92 Å². The van der Waals surface area contributed by atoms with E-state index in [0.717, 1.165) is 25.7 Å². The fourth-order valence-corrected chi connectivity index (χ4v) is 4.47. The lowest BCUT2D eigenvalue weighted by Gasteiger charge is -2.40. The van der Waals surface area contributed by atoms with Gasteiger partial charge in [0, 0.05) is 55.5 Å². The van der Waals surface area contributed by atoms with Crippen LogP contribution < -0.4 is 11.2 Å². The lowest BCUT2D eigenvalue weighted by Crippen LogP contribution is -2.48. The van der Waals surface area contributed by atoms with Gasteiger partial charge >= 0.3 is 5.69 Å². The topological polar surface area (TPSA) is 61.3 Å². The van der Waals surface area contributed by atoms with Crippen LogP contribution in [-0.4, -0.2) is 69.6 Å². The van der Waals surface area contributed by atoms with Crippen LogP contribution in [-0.2, 0) is 6.54 Å². The minimum Gasteiger partial charge on any atom is -0.311 e. The fraction of sp³-hybridized carbons (Fsp3) is 0.750. The number of rotatable bonds is 4. The Balaban J connectivity index is 1.49. The first-order valence-corrected chi connectivity index (χ1v) is 9.64. The number of hydrogen-bond acceptors (Lipinski definition) is 5. The zero-order valence-electron chi connectivity index (χ0n) is 13.8. The van der Waals surface area contributed by atoms with Crippen LogP contribution in [0.5, 0.6) is 0 Å². The molecule has 2 saturated heterocycles. The summed E-state index contributed by atoms with van der Waals surface area (Å²) in [6.45, 7) is 7.55. The number of hydrogen-bond donors (Lipinski definition) is 1. The molecule has 0 saturated carbocycles. The number of piperidine rings is 1. The van der Waals surface area contributed by atoms with Gasteiger partial charge < -0.3 is 9.88 Å². The fourth-order valence-electron chi connectivity index (χ4n) is 3.54. The van der Waals surface area contributed by atoms with Gasteiger partial charge in [-0.2, -0.15) is 11.8 Å². The molecule has 0 aromatic carbocycles. The van der Waals surface area contributed by atoms with E-state index in [-0.39, 0.29) is 11.2 Å². The van der Waals surface area contributed by atoms with Crippen LogP contribution in [0.2, 0.25) is 0 Å². The van der Waals surface area contributed by atoms with Crippen LogP contribution in [0.25, 0.3) is 0 Å². The largest absolute Gasteiger partial charge is 0.328 e. The quantitative estimate of drug-likeness (QED) is 0.859. The minimum absolute atomic E-state index is 0.202. The number of H-pyrrole nitrogens is 1. The molecule has 2 aliphatic heterocycles. The SMILES string of the molecule is Cc1cc(=O)n(CCN2CCC(N3CCSCC3)CC2)c(=O)[nH]1. The Labute approximate surface area is 140 Å². The van der Waals surface area contributed by atoms with Crippen molar-refractivity contribution in [2.45, 2.75) is 32.4 Å². The molecule has 1 N–H and O–H groups in total. The van der Waals surface area contributed by atoms with Crippen molar-refractivity contribution in [2.24, 2.45) is 0 Å². The molecule has 128 valence electrons. The average Bonchev–Trinajstić information content (AvgIpc) is 2.55. The normalized spacial score (nSPS) is 21.6. The summed E-state index contributed by atoms with van der Waals surface area (Å²) in [5.41, 5.74) is 0.124. The highest BCUT2D eigenvalue weighted by atomic mass is 32.2. The summed E-state index contributed by atoms with van der Waals surface area (Å²) >= 11 is 2.06. The standard InChI is InChI=1S/C16H26N4O2S/c1-13-12-15(21)20(16(22)17-13)7-6-18-4-2-14(3-5-18)19-8-10-23-11-9-19/h12,14H,2-11H2,1H3,(H,17,22). The van der Waals surface area contributed by atoms with Crippen LogP contribution in [0.4, 0.5) is 0 Å². The van der Waals surface area contributed by atoms with Crippen molar-refractivity contribution in [2.75, 3.05) is 44.2 Å². The van der Waals surface area contributed by atoms with Crippen molar-refractivity contribution < 1.29 is 0 Å². The van der Waals surface area contributed by atoms with Crippen molar-refractivity contribution in [3.63, 3.8) is 0 Å². The molecule has 2 fully saturated rings. The third-order valence-electron chi connectivity index (χ3n) is 4.91. The highest BCUT2D eigenvalue weighted by molar-refractivity contribution is 7.99. The summed E-state index contributed by atoms with van der Waals surface area (Å²) in [6, 6.07) is 2.21. The van der Waals surface area contributed by atoms with E-state index in [0.29, 0.717) is 12.2 Å². The third-order valence-corrected chi connectivity index (χ3v) is 5.86. The predicted octanol–water partition coefficient (Wildman–Crippen LogP) is 0.358. The molecule has 0 amide bonds. The van der Waals surface area contributed by atoms with Gasteiger partial charge in [0.1, 0.15) is 0 Å². The number of nitrogens with zero attached hydrogens (tertiary/aromatic N) is 3. The van der Waals surface area contributed by atoms with E-state index in [2.05, 4.69) is 26.5 Å². The van der Waals surface area contributed by atoms with Gasteiger partial charge in [0.05, 0.1) is 0 Å². The first-order chi connectivity index (χ1) is 11.1. The number of thioether (sulfide) groups is 1. The second-order valence-electron chi connectivity index (χ2n) is 6.47. The number of aromatic nitrogens is 2. The van der Waals surface area contributed by atoms with Crippen molar-refractivity contribution >= 4 is 11.8 Å². The van der Waals surface area contributed by atoms with Gasteiger partial charge in [-0.3, -0.25) is 14.3 Å². The Morgan fingerprint density at radius 3 is 2.48 bits per heavy atom. The monoisotopic (exact) mass is 338 g/mol. The van der Waals surface area contributed by atoms with E-state index in [4.69, 9.17) is 0 Å². The molecule has 2 aliphatic rings. The van der Waals surface area contributed by atoms with E-state index in [1.165, 1.54) is 48.1 Å². The lowest BCUT2D eigenvalue weighted by atomic mass is 10.0. The van der Waals surface area contributed by atoms with Gasteiger partial charge in [-0.05, 0) is 32.9 Å². The number of likely N-dealkylation sites (tertiary alicyclic amines) is 1. The van der Waals surface area contributed by atoms with Crippen LogP contribution in [0, 0.1) is 6.92 Å². The molecule has 0 atom stereocenters. The molecular formula is C16H26N4O2S. The molecule has 6 nitrogen and oxygen atoms in total. The first-order valence-electron chi connectivity index (χ1n) is 8.48. The van der Waals surface area contributed by atoms with Crippen molar-refractivity contribution in [1.29, 1.82) is 0 Å². The van der Waals surface area contributed by atoms with Gasteiger partial charge in [-0.15, -0.1) is 0 Å². The predicted molar refractivity (Wildman–Crippen MR) is 94.4 cm³/mol. The maximum absolute atomic E-state index is 11.9. The van der Waals surface area contributed by atoms with Crippen molar-refractivity contribution in [3.05, 3.63) is 32.6 Å². The minimum atomic E-state index is -0.296. The lowest BCUT2D eigenvalue weighted by molar-refractivity contribution is 0.113. The molecule has 0 aliphatic carbocycles. The van der Waals surface area contributed by atoms with Crippen molar-refractivity contribution in [1.82, 2.24) is 19.4 Å². The highest BCUT2D eigenvalue weighted by Gasteiger charge is 2.25. The number of nitrogens with one attached hydrogen (secondary N) is 1. The molecule has 23 heavy (non-hydrogen) atoms. The molecule has 7 heteroatoms. The van der Waals surface area contributed by atoms with Crippen LogP contribution in [0.1, 0.15) is 18.5 Å².